The fraction of sp³-hybridized carbons (Fsp3) is 0.148. The van der Waals surface area contributed by atoms with Crippen LogP contribution in [0.15, 0.2) is 72.4 Å². The zero-order valence-electron chi connectivity index (χ0n) is 20.1. The highest BCUT2D eigenvalue weighted by Crippen LogP contribution is 2.27. The van der Waals surface area contributed by atoms with Gasteiger partial charge in [0.2, 0.25) is 0 Å². The van der Waals surface area contributed by atoms with E-state index in [2.05, 4.69) is 25.3 Å². The van der Waals surface area contributed by atoms with Crippen LogP contribution in [0, 0.1) is 0 Å². The molecule has 0 spiro atoms. The van der Waals surface area contributed by atoms with Crippen molar-refractivity contribution in [2.24, 2.45) is 0 Å². The summed E-state index contributed by atoms with van der Waals surface area (Å²) in [6.07, 6.45) is 2.74. The molecule has 2 aromatic carbocycles. The molecule has 3 aromatic heterocycles. The van der Waals surface area contributed by atoms with Crippen molar-refractivity contribution in [2.45, 2.75) is 19.4 Å². The van der Waals surface area contributed by atoms with Gasteiger partial charge in [-0.1, -0.05) is 6.92 Å². The Morgan fingerprint density at radius 3 is 2.65 bits per heavy atom. The van der Waals surface area contributed by atoms with Gasteiger partial charge in [0.05, 0.1) is 29.4 Å². The normalized spacial score (nSPS) is 11.7. The number of H-pyrrole nitrogens is 1. The van der Waals surface area contributed by atoms with Gasteiger partial charge in [-0.15, -0.1) is 11.3 Å². The van der Waals surface area contributed by atoms with Crippen LogP contribution in [-0.2, 0) is 9.53 Å². The number of rotatable bonds is 8. The molecule has 0 saturated heterocycles. The minimum atomic E-state index is -0.968. The number of aromatic nitrogens is 4. The number of nitrogens with one attached hydrogen (secondary N) is 2. The Kier molecular flexibility index (Phi) is 6.91. The maximum atomic E-state index is 12.9. The second-order valence-corrected chi connectivity index (χ2v) is 8.97. The summed E-state index contributed by atoms with van der Waals surface area (Å²) in [7, 11) is 1.61. The molecule has 9 nitrogen and oxygen atoms in total. The van der Waals surface area contributed by atoms with E-state index in [-0.39, 0.29) is 0 Å². The summed E-state index contributed by atoms with van der Waals surface area (Å²) < 4.78 is 10.7. The number of anilines is 1. The third kappa shape index (κ3) is 5.34. The van der Waals surface area contributed by atoms with Crippen molar-refractivity contribution in [3.05, 3.63) is 77.9 Å². The molecule has 0 fully saturated rings. The highest BCUT2D eigenvalue weighted by molar-refractivity contribution is 7.14. The number of hydrogen-bond acceptors (Lipinski definition) is 8. The van der Waals surface area contributed by atoms with Gasteiger partial charge in [0.1, 0.15) is 11.6 Å². The second-order valence-electron chi connectivity index (χ2n) is 8.12. The predicted molar refractivity (Wildman–Crippen MR) is 142 cm³/mol. The summed E-state index contributed by atoms with van der Waals surface area (Å²) in [5, 5.41) is 5.03. The second kappa shape index (κ2) is 10.6. The van der Waals surface area contributed by atoms with Crippen LogP contribution in [0.2, 0.25) is 0 Å². The lowest BCUT2D eigenvalue weighted by Gasteiger charge is -2.15. The quantitative estimate of drug-likeness (QED) is 0.269. The maximum absolute atomic E-state index is 12.9. The van der Waals surface area contributed by atoms with E-state index in [1.165, 1.54) is 11.3 Å². The van der Waals surface area contributed by atoms with Crippen molar-refractivity contribution in [2.75, 3.05) is 12.4 Å². The molecule has 37 heavy (non-hydrogen) atoms. The number of esters is 1. The fourth-order valence-corrected chi connectivity index (χ4v) is 4.43. The Bertz CT molecular complexity index is 1550. The summed E-state index contributed by atoms with van der Waals surface area (Å²) in [5.41, 5.74) is 4.17. The van der Waals surface area contributed by atoms with Crippen molar-refractivity contribution >= 4 is 39.4 Å². The first-order valence-corrected chi connectivity index (χ1v) is 12.4. The minimum Gasteiger partial charge on any atom is -0.497 e. The Morgan fingerprint density at radius 2 is 1.92 bits per heavy atom. The molecule has 186 valence electrons. The van der Waals surface area contributed by atoms with Crippen LogP contribution < -0.4 is 10.1 Å². The summed E-state index contributed by atoms with van der Waals surface area (Å²) >= 11 is 1.30. The number of aromatic amines is 1. The van der Waals surface area contributed by atoms with Gasteiger partial charge in [-0.2, -0.15) is 0 Å². The van der Waals surface area contributed by atoms with Crippen molar-refractivity contribution < 1.29 is 19.1 Å². The largest absolute Gasteiger partial charge is 0.497 e. The molecule has 1 atom stereocenters. The molecule has 0 bridgehead atoms. The van der Waals surface area contributed by atoms with Crippen LogP contribution in [-0.4, -0.2) is 45.0 Å². The van der Waals surface area contributed by atoms with Gasteiger partial charge in [-0.05, 0) is 61.0 Å². The topological polar surface area (TPSA) is 119 Å². The van der Waals surface area contributed by atoms with Gasteiger partial charge >= 0.3 is 5.97 Å². The number of methoxy groups -OCH3 is 1. The first-order chi connectivity index (χ1) is 18.0. The monoisotopic (exact) mass is 513 g/mol. The number of imidazole rings is 1. The Hall–Kier alpha value is -4.57. The summed E-state index contributed by atoms with van der Waals surface area (Å²) in [6.45, 7) is 1.78. The molecule has 5 aromatic rings. The number of hydrogen-bond donors (Lipinski definition) is 2. The van der Waals surface area contributed by atoms with Gasteiger partial charge in [-0.25, -0.2) is 14.8 Å². The number of carbonyl (C=O) groups excluding carboxylic acids is 2. The molecular formula is C27H23N5O4S. The molecule has 1 unspecified atom stereocenters. The molecule has 0 aliphatic rings. The van der Waals surface area contributed by atoms with Gasteiger partial charge in [0, 0.05) is 28.9 Å². The third-order valence-electron chi connectivity index (χ3n) is 5.69. The van der Waals surface area contributed by atoms with Crippen molar-refractivity contribution in [1.82, 2.24) is 19.9 Å². The number of thiazole rings is 1. The standard InChI is InChI=1S/C27H23N5O4S/c1-3-23(25(33)32-27-31-22(15-37-27)16-6-9-19(35-2)10-7-16)36-26(34)17-8-11-20-21(13-17)30-24(29-20)18-5-4-12-28-14-18/h4-15,23H,3H2,1-2H3,(H,29,30)(H,31,32,33). The fourth-order valence-electron chi connectivity index (χ4n) is 3.71. The molecule has 1 amide bonds. The highest BCUT2D eigenvalue weighted by Gasteiger charge is 2.23. The van der Waals surface area contributed by atoms with Crippen LogP contribution in [0.5, 0.6) is 5.75 Å². The lowest BCUT2D eigenvalue weighted by molar-refractivity contribution is -0.124. The third-order valence-corrected chi connectivity index (χ3v) is 6.44. The van der Waals surface area contributed by atoms with Crippen molar-refractivity contribution in [3.63, 3.8) is 0 Å². The van der Waals surface area contributed by atoms with E-state index >= 15 is 0 Å². The van der Waals surface area contributed by atoms with Crippen LogP contribution >= 0.6 is 11.3 Å². The summed E-state index contributed by atoms with van der Waals surface area (Å²) in [6, 6.07) is 16.2. The zero-order chi connectivity index (χ0) is 25.8. The van der Waals surface area contributed by atoms with Gasteiger partial charge in [0.25, 0.3) is 5.91 Å². The van der Waals surface area contributed by atoms with E-state index in [1.54, 1.807) is 44.6 Å². The summed E-state index contributed by atoms with van der Waals surface area (Å²) in [5.74, 6) is 0.366. The molecule has 3 heterocycles. The molecule has 2 N–H and O–H groups in total. The van der Waals surface area contributed by atoms with E-state index in [4.69, 9.17) is 9.47 Å². The number of carbonyl (C=O) groups is 2. The molecule has 10 heteroatoms. The molecular weight excluding hydrogens is 490 g/mol. The number of nitrogens with zero attached hydrogens (tertiary/aromatic N) is 3. The molecule has 0 saturated carbocycles. The number of fused-ring (bicyclic) bond motifs is 1. The van der Waals surface area contributed by atoms with Crippen molar-refractivity contribution in [3.8, 4) is 28.4 Å². The van der Waals surface area contributed by atoms with E-state index < -0.39 is 18.0 Å². The molecule has 0 aliphatic heterocycles. The van der Waals surface area contributed by atoms with Crippen LogP contribution in [0.4, 0.5) is 5.13 Å². The lowest BCUT2D eigenvalue weighted by atomic mass is 10.2. The van der Waals surface area contributed by atoms with E-state index in [0.29, 0.717) is 34.0 Å². The van der Waals surface area contributed by atoms with Crippen molar-refractivity contribution in [1.29, 1.82) is 0 Å². The average molecular weight is 514 g/mol. The Balaban J connectivity index is 1.25. The Morgan fingerprint density at radius 1 is 1.08 bits per heavy atom. The minimum absolute atomic E-state index is 0.311. The Labute approximate surface area is 216 Å². The predicted octanol–water partition coefficient (Wildman–Crippen LogP) is 5.33. The number of amides is 1. The molecule has 0 radical (unpaired) electrons. The van der Waals surface area contributed by atoms with Gasteiger partial charge < -0.3 is 14.5 Å². The zero-order valence-corrected chi connectivity index (χ0v) is 20.9. The molecule has 5 rings (SSSR count). The van der Waals surface area contributed by atoms with Gasteiger partial charge in [-0.3, -0.25) is 15.1 Å². The first-order valence-electron chi connectivity index (χ1n) is 11.6. The first kappa shape index (κ1) is 24.1. The average Bonchev–Trinajstić information content (AvgIpc) is 3.59. The highest BCUT2D eigenvalue weighted by atomic mass is 32.1. The van der Waals surface area contributed by atoms with E-state index in [1.807, 2.05) is 41.8 Å². The van der Waals surface area contributed by atoms with E-state index in [9.17, 15) is 9.59 Å². The lowest BCUT2D eigenvalue weighted by Crippen LogP contribution is -2.32. The number of pyridine rings is 1. The molecule has 0 aliphatic carbocycles. The van der Waals surface area contributed by atoms with Crippen LogP contribution in [0.3, 0.4) is 0 Å². The smallest absolute Gasteiger partial charge is 0.338 e. The number of ether oxygens (including phenoxy) is 2. The van der Waals surface area contributed by atoms with Gasteiger partial charge in [0.15, 0.2) is 11.2 Å². The van der Waals surface area contributed by atoms with Crippen LogP contribution in [0.25, 0.3) is 33.7 Å². The van der Waals surface area contributed by atoms with E-state index in [0.717, 1.165) is 22.6 Å². The summed E-state index contributed by atoms with van der Waals surface area (Å²) in [4.78, 5) is 42.0. The van der Waals surface area contributed by atoms with Crippen LogP contribution in [0.1, 0.15) is 23.7 Å². The number of benzene rings is 2. The SMILES string of the molecule is CCC(OC(=O)c1ccc2nc(-c3cccnc3)[nH]c2c1)C(=O)Nc1nc(-c2ccc(OC)cc2)cs1. The maximum Gasteiger partial charge on any atom is 0.338 e.